The van der Waals surface area contributed by atoms with Crippen LogP contribution in [0.3, 0.4) is 0 Å². The van der Waals surface area contributed by atoms with Gasteiger partial charge in [-0.15, -0.1) is 0 Å². The van der Waals surface area contributed by atoms with Gasteiger partial charge in [-0.25, -0.2) is 0 Å². The molecule has 388 valence electrons. The highest BCUT2D eigenvalue weighted by Crippen LogP contribution is 2.23. The van der Waals surface area contributed by atoms with E-state index in [1.165, 1.54) is 218 Å². The van der Waals surface area contributed by atoms with Crippen LogP contribution in [-0.4, -0.2) is 98.7 Å². The maximum absolute atomic E-state index is 13.1. The first-order chi connectivity index (χ1) is 31.8. The first-order valence-electron chi connectivity index (χ1n) is 28.3. The lowest BCUT2D eigenvalue weighted by atomic mass is 9.98. The molecule has 0 aromatic heterocycles. The van der Waals surface area contributed by atoms with Crippen molar-refractivity contribution in [3.63, 3.8) is 0 Å². The molecule has 10 heteroatoms. The first kappa shape index (κ1) is 62.2. The van der Waals surface area contributed by atoms with Crippen molar-refractivity contribution in [2.75, 3.05) is 13.2 Å². The molecule has 10 nitrogen and oxygen atoms in total. The number of aliphatic hydroxyl groups is 6. The van der Waals surface area contributed by atoms with Crippen LogP contribution in [0, 0.1) is 0 Å². The topological polar surface area (TPSA) is 169 Å². The predicted octanol–water partition coefficient (Wildman–Crippen LogP) is 12.4. The van der Waals surface area contributed by atoms with E-state index in [1.807, 2.05) is 0 Å². The average Bonchev–Trinajstić information content (AvgIpc) is 3.31. The Bertz CT molecular complexity index is 1000. The predicted molar refractivity (Wildman–Crippen MR) is 269 cm³/mol. The highest BCUT2D eigenvalue weighted by Gasteiger charge is 2.44. The maximum atomic E-state index is 13.1. The van der Waals surface area contributed by atoms with Gasteiger partial charge in [0.1, 0.15) is 30.5 Å². The van der Waals surface area contributed by atoms with Gasteiger partial charge in [0.15, 0.2) is 6.29 Å². The summed E-state index contributed by atoms with van der Waals surface area (Å²) in [4.78, 5) is 13.1. The molecule has 0 bridgehead atoms. The van der Waals surface area contributed by atoms with E-state index >= 15 is 0 Å². The molecule has 65 heavy (non-hydrogen) atoms. The van der Waals surface area contributed by atoms with E-state index in [2.05, 4.69) is 19.2 Å². The fourth-order valence-corrected chi connectivity index (χ4v) is 9.50. The number of aliphatic hydroxyl groups excluding tert-OH is 6. The minimum Gasteiger partial charge on any atom is -0.394 e. The van der Waals surface area contributed by atoms with Crippen molar-refractivity contribution in [3.8, 4) is 0 Å². The average molecular weight is 928 g/mol. The zero-order chi connectivity index (χ0) is 47.4. The van der Waals surface area contributed by atoms with Gasteiger partial charge in [0.25, 0.3) is 0 Å². The second-order valence-corrected chi connectivity index (χ2v) is 20.2. The van der Waals surface area contributed by atoms with Crippen LogP contribution in [0.15, 0.2) is 0 Å². The molecule has 0 spiro atoms. The van der Waals surface area contributed by atoms with E-state index in [1.54, 1.807) is 0 Å². The van der Waals surface area contributed by atoms with Crippen molar-refractivity contribution < 1.29 is 44.9 Å². The third-order valence-electron chi connectivity index (χ3n) is 14.1. The van der Waals surface area contributed by atoms with E-state index in [0.29, 0.717) is 6.42 Å². The number of carbonyl (C=O) groups excluding carboxylic acids is 1. The minimum atomic E-state index is -1.60. The first-order valence-corrected chi connectivity index (χ1v) is 28.3. The Kier molecular flexibility index (Phi) is 43.6. The van der Waals surface area contributed by atoms with Crippen LogP contribution in [0.25, 0.3) is 0 Å². The van der Waals surface area contributed by atoms with E-state index in [9.17, 15) is 35.4 Å². The molecule has 0 aromatic carbocycles. The monoisotopic (exact) mass is 928 g/mol. The summed E-state index contributed by atoms with van der Waals surface area (Å²) >= 11 is 0. The number of rotatable bonds is 49. The van der Waals surface area contributed by atoms with Gasteiger partial charge in [-0.3, -0.25) is 4.79 Å². The highest BCUT2D eigenvalue weighted by molar-refractivity contribution is 5.76. The summed E-state index contributed by atoms with van der Waals surface area (Å²) in [5, 5.41) is 65.4. The fraction of sp³-hybridized carbons (Fsp3) is 0.982. The van der Waals surface area contributed by atoms with Crippen LogP contribution < -0.4 is 5.32 Å². The zero-order valence-corrected chi connectivity index (χ0v) is 42.6. The summed E-state index contributed by atoms with van der Waals surface area (Å²) < 4.78 is 11.2. The van der Waals surface area contributed by atoms with Crippen molar-refractivity contribution in [2.45, 2.75) is 332 Å². The summed E-state index contributed by atoms with van der Waals surface area (Å²) in [7, 11) is 0. The summed E-state index contributed by atoms with van der Waals surface area (Å²) in [6.07, 6.45) is 42.8. The van der Waals surface area contributed by atoms with E-state index in [0.717, 1.165) is 38.5 Å². The molecule has 1 heterocycles. The van der Waals surface area contributed by atoms with Gasteiger partial charge in [-0.2, -0.15) is 0 Å². The molecule has 1 rings (SSSR count). The van der Waals surface area contributed by atoms with Crippen molar-refractivity contribution in [1.82, 2.24) is 5.32 Å². The highest BCUT2D eigenvalue weighted by atomic mass is 16.7. The molecule has 0 aromatic rings. The minimum absolute atomic E-state index is 0.251. The van der Waals surface area contributed by atoms with Gasteiger partial charge < -0.3 is 45.4 Å². The Morgan fingerprint density at radius 3 is 1.14 bits per heavy atom. The van der Waals surface area contributed by atoms with E-state index in [4.69, 9.17) is 9.47 Å². The van der Waals surface area contributed by atoms with Gasteiger partial charge >= 0.3 is 0 Å². The Morgan fingerprint density at radius 2 is 0.800 bits per heavy atom. The largest absolute Gasteiger partial charge is 0.394 e. The SMILES string of the molecule is CCCCCCCCCCCCCCCCCCCCCCCCCCCCCCC(=O)N[C@@H](CO[C@@H]1O[C@H](CO)[C@H](O)C(O)C1O)[C@H](O)[C@H](O)CCCCCCCCCCCCCC. The van der Waals surface area contributed by atoms with Gasteiger partial charge in [0.2, 0.25) is 5.91 Å². The van der Waals surface area contributed by atoms with Crippen molar-refractivity contribution in [1.29, 1.82) is 0 Å². The lowest BCUT2D eigenvalue weighted by Gasteiger charge is -2.40. The van der Waals surface area contributed by atoms with Crippen LogP contribution in [0.2, 0.25) is 0 Å². The Labute approximate surface area is 400 Å². The molecular weight excluding hydrogens is 819 g/mol. The van der Waals surface area contributed by atoms with Gasteiger partial charge in [0, 0.05) is 6.42 Å². The Morgan fingerprint density at radius 1 is 0.477 bits per heavy atom. The zero-order valence-electron chi connectivity index (χ0n) is 42.6. The normalized spacial score (nSPS) is 20.3. The van der Waals surface area contributed by atoms with Gasteiger partial charge in [-0.05, 0) is 12.8 Å². The van der Waals surface area contributed by atoms with Crippen molar-refractivity contribution in [2.24, 2.45) is 0 Å². The van der Waals surface area contributed by atoms with Crippen LogP contribution >= 0.6 is 0 Å². The lowest BCUT2D eigenvalue weighted by molar-refractivity contribution is -0.303. The molecule has 8 atom stereocenters. The number of hydrogen-bond donors (Lipinski definition) is 7. The quantitative estimate of drug-likeness (QED) is 0.0294. The summed E-state index contributed by atoms with van der Waals surface area (Å²) in [5.74, 6) is -0.251. The molecule has 1 saturated heterocycles. The summed E-state index contributed by atoms with van der Waals surface area (Å²) in [6, 6.07) is -0.985. The van der Waals surface area contributed by atoms with Crippen LogP contribution in [-0.2, 0) is 14.3 Å². The molecule has 7 N–H and O–H groups in total. The maximum Gasteiger partial charge on any atom is 0.220 e. The number of unbranched alkanes of at least 4 members (excludes halogenated alkanes) is 38. The van der Waals surface area contributed by atoms with Crippen LogP contribution in [0.5, 0.6) is 0 Å². The third kappa shape index (κ3) is 35.0. The number of nitrogens with one attached hydrogen (secondary N) is 1. The molecule has 1 fully saturated rings. The van der Waals surface area contributed by atoms with Crippen LogP contribution in [0.1, 0.15) is 284 Å². The molecule has 0 saturated carbocycles. The Hall–Kier alpha value is -0.850. The van der Waals surface area contributed by atoms with Crippen molar-refractivity contribution >= 4 is 5.91 Å². The molecule has 0 aliphatic carbocycles. The lowest BCUT2D eigenvalue weighted by Crippen LogP contribution is -2.60. The van der Waals surface area contributed by atoms with E-state index in [-0.39, 0.29) is 18.9 Å². The second-order valence-electron chi connectivity index (χ2n) is 20.2. The smallest absolute Gasteiger partial charge is 0.220 e. The summed E-state index contributed by atoms with van der Waals surface area (Å²) in [5.41, 5.74) is 0. The fourth-order valence-electron chi connectivity index (χ4n) is 9.50. The Balaban J connectivity index is 2.17. The molecular formula is C55H109NO9. The standard InChI is InChI=1S/C55H109NO9/c1-3-5-7-9-11-13-15-17-18-19-20-21-22-23-24-25-26-27-28-29-30-31-32-34-36-38-40-42-44-50(59)56-47(46-64-55-54(63)53(62)52(61)49(45-57)65-55)51(60)48(58)43-41-39-37-35-33-16-14-12-10-8-6-4-2/h47-49,51-55,57-58,60-63H,3-46H2,1-2H3,(H,56,59)/t47-,48+,49+,51-,52-,53?,54?,55+/m0/s1. The van der Waals surface area contributed by atoms with Gasteiger partial charge in [0.05, 0.1) is 25.4 Å². The molecule has 1 amide bonds. The van der Waals surface area contributed by atoms with Gasteiger partial charge in [-0.1, -0.05) is 264 Å². The number of ether oxygens (including phenoxy) is 2. The molecule has 2 unspecified atom stereocenters. The second kappa shape index (κ2) is 45.6. The number of carbonyl (C=O) groups is 1. The molecule has 1 aliphatic rings. The molecule has 1 aliphatic heterocycles. The van der Waals surface area contributed by atoms with E-state index < -0.39 is 55.6 Å². The molecule has 0 radical (unpaired) electrons. The summed E-state index contributed by atoms with van der Waals surface area (Å²) in [6.45, 7) is 3.64. The number of hydrogen-bond acceptors (Lipinski definition) is 9. The van der Waals surface area contributed by atoms with Crippen molar-refractivity contribution in [3.05, 3.63) is 0 Å². The van der Waals surface area contributed by atoms with Crippen LogP contribution in [0.4, 0.5) is 0 Å². The third-order valence-corrected chi connectivity index (χ3v) is 14.1. The number of amides is 1.